The summed E-state index contributed by atoms with van der Waals surface area (Å²) >= 11 is 0. The summed E-state index contributed by atoms with van der Waals surface area (Å²) in [5.41, 5.74) is 2.13. The molecule has 5 rings (SSSR count). The van der Waals surface area contributed by atoms with Crippen molar-refractivity contribution in [1.82, 2.24) is 24.7 Å². The zero-order valence-corrected chi connectivity index (χ0v) is 24.4. The van der Waals surface area contributed by atoms with Gasteiger partial charge < -0.3 is 25.2 Å². The molecule has 228 valence electrons. The van der Waals surface area contributed by atoms with E-state index in [9.17, 15) is 18.7 Å². The lowest BCUT2D eigenvalue weighted by molar-refractivity contribution is -0.114. The van der Waals surface area contributed by atoms with Crippen molar-refractivity contribution in [3.05, 3.63) is 77.6 Å². The minimum atomic E-state index is -0.743. The maximum absolute atomic E-state index is 15.0. The van der Waals surface area contributed by atoms with Crippen molar-refractivity contribution in [2.45, 2.75) is 33.7 Å². The molecule has 0 atom stereocenters. The smallest absolute Gasteiger partial charge is 0.222 e. The van der Waals surface area contributed by atoms with Gasteiger partial charge in [0.15, 0.2) is 17.4 Å². The Morgan fingerprint density at radius 3 is 2.57 bits per heavy atom. The third kappa shape index (κ3) is 6.57. The normalized spacial score (nSPS) is 11.0. The molecular formula is C31H31F2N7O4. The third-order valence-corrected chi connectivity index (χ3v) is 6.67. The Kier molecular flexibility index (Phi) is 9.24. The second-order valence-electron chi connectivity index (χ2n) is 9.79. The van der Waals surface area contributed by atoms with E-state index in [1.54, 1.807) is 38.2 Å². The van der Waals surface area contributed by atoms with Crippen molar-refractivity contribution in [3.8, 4) is 23.0 Å². The number of aliphatic hydroxyl groups is 1. The minimum Gasteiger partial charge on any atom is -0.494 e. The quantitative estimate of drug-likeness (QED) is 0.161. The van der Waals surface area contributed by atoms with Crippen LogP contribution in [0, 0.1) is 18.6 Å². The van der Waals surface area contributed by atoms with Gasteiger partial charge in [0.1, 0.15) is 28.9 Å². The molecule has 1 amide bonds. The van der Waals surface area contributed by atoms with Crippen molar-refractivity contribution in [2.24, 2.45) is 0 Å². The van der Waals surface area contributed by atoms with Gasteiger partial charge in [-0.15, -0.1) is 0 Å². The number of aromatic nitrogens is 5. The average molecular weight is 604 g/mol. The van der Waals surface area contributed by atoms with Crippen LogP contribution >= 0.6 is 0 Å². The predicted octanol–water partition coefficient (Wildman–Crippen LogP) is 5.39. The van der Waals surface area contributed by atoms with Crippen LogP contribution in [-0.2, 0) is 11.3 Å². The number of para-hydroxylation sites is 1. The molecule has 3 heterocycles. The molecule has 0 radical (unpaired) electrons. The molecule has 0 bridgehead atoms. The van der Waals surface area contributed by atoms with Crippen LogP contribution in [0.15, 0.2) is 54.9 Å². The number of benzene rings is 2. The highest BCUT2D eigenvalue weighted by Gasteiger charge is 2.20. The van der Waals surface area contributed by atoms with E-state index in [0.29, 0.717) is 51.7 Å². The Morgan fingerprint density at radius 2 is 1.84 bits per heavy atom. The first kappa shape index (κ1) is 30.3. The van der Waals surface area contributed by atoms with E-state index in [0.717, 1.165) is 12.1 Å². The summed E-state index contributed by atoms with van der Waals surface area (Å²) in [6, 6.07) is 11.3. The SMILES string of the molecule is CCOc1cc(F)c(Cn2nc(-c3ncc(OCCCO)c(Nc4ccnc(NC(C)=O)c4C)n3)c3ccccc32)c(F)c1. The lowest BCUT2D eigenvalue weighted by Gasteiger charge is -2.15. The van der Waals surface area contributed by atoms with Crippen LogP contribution in [0.4, 0.5) is 26.1 Å². The number of anilines is 3. The Bertz CT molecular complexity index is 1790. The van der Waals surface area contributed by atoms with Gasteiger partial charge in [0, 0.05) is 60.5 Å². The summed E-state index contributed by atoms with van der Waals surface area (Å²) in [4.78, 5) is 25.1. The van der Waals surface area contributed by atoms with E-state index < -0.39 is 11.6 Å². The number of pyridine rings is 1. The van der Waals surface area contributed by atoms with Crippen molar-refractivity contribution >= 4 is 34.1 Å². The maximum atomic E-state index is 15.0. The number of nitrogens with zero attached hydrogens (tertiary/aromatic N) is 5. The Hall–Kier alpha value is -5.17. The van der Waals surface area contributed by atoms with Gasteiger partial charge in [0.25, 0.3) is 0 Å². The number of aliphatic hydroxyl groups excluding tert-OH is 1. The summed E-state index contributed by atoms with van der Waals surface area (Å²) in [7, 11) is 0. The second kappa shape index (κ2) is 13.4. The molecule has 0 aliphatic rings. The molecule has 0 aliphatic heterocycles. The number of hydrogen-bond donors (Lipinski definition) is 3. The van der Waals surface area contributed by atoms with Gasteiger partial charge in [0.2, 0.25) is 5.91 Å². The first-order valence-electron chi connectivity index (χ1n) is 14.0. The molecule has 44 heavy (non-hydrogen) atoms. The standard InChI is InChI=1S/C31H31F2N7O4/c1-4-43-20-14-23(32)22(24(33)15-20)17-40-26-9-6-5-8-21(26)28(39-40)31-35-16-27(44-13-7-12-41)30(38-31)37-25-10-11-34-29(18(25)2)36-19(3)42/h5-6,8-11,14-16,41H,4,7,12-13,17H2,1-3H3,(H2,34,35,36,37,38,42). The van der Waals surface area contributed by atoms with Crippen molar-refractivity contribution in [2.75, 3.05) is 30.5 Å². The average Bonchev–Trinajstić information content (AvgIpc) is 3.36. The fourth-order valence-corrected chi connectivity index (χ4v) is 4.56. The largest absolute Gasteiger partial charge is 0.494 e. The van der Waals surface area contributed by atoms with Crippen LogP contribution in [-0.4, -0.2) is 55.6 Å². The number of hydrogen-bond acceptors (Lipinski definition) is 9. The first-order valence-corrected chi connectivity index (χ1v) is 14.0. The van der Waals surface area contributed by atoms with Crippen LogP contribution in [0.25, 0.3) is 22.4 Å². The van der Waals surface area contributed by atoms with Gasteiger partial charge in [-0.2, -0.15) is 5.10 Å². The van der Waals surface area contributed by atoms with Crippen molar-refractivity contribution < 1.29 is 28.2 Å². The molecule has 0 unspecified atom stereocenters. The number of carbonyl (C=O) groups is 1. The van der Waals surface area contributed by atoms with Crippen LogP contribution < -0.4 is 20.1 Å². The van der Waals surface area contributed by atoms with E-state index in [1.807, 2.05) is 12.1 Å². The van der Waals surface area contributed by atoms with Crippen molar-refractivity contribution in [3.63, 3.8) is 0 Å². The van der Waals surface area contributed by atoms with Crippen LogP contribution in [0.2, 0.25) is 0 Å². The number of fused-ring (bicyclic) bond motifs is 1. The molecule has 0 fully saturated rings. The molecular weight excluding hydrogens is 572 g/mol. The molecule has 0 aliphatic carbocycles. The molecule has 3 N–H and O–H groups in total. The van der Waals surface area contributed by atoms with E-state index in [4.69, 9.17) is 14.5 Å². The monoisotopic (exact) mass is 603 g/mol. The Balaban J connectivity index is 1.56. The van der Waals surface area contributed by atoms with Crippen LogP contribution in [0.3, 0.4) is 0 Å². The number of amides is 1. The highest BCUT2D eigenvalue weighted by molar-refractivity contribution is 5.92. The minimum absolute atomic E-state index is 0.0514. The fraction of sp³-hybridized carbons (Fsp3) is 0.258. The lowest BCUT2D eigenvalue weighted by Crippen LogP contribution is -2.10. The van der Waals surface area contributed by atoms with E-state index >= 15 is 0 Å². The summed E-state index contributed by atoms with van der Waals surface area (Å²) < 4.78 is 42.5. The molecule has 3 aromatic heterocycles. The molecule has 2 aromatic carbocycles. The predicted molar refractivity (Wildman–Crippen MR) is 161 cm³/mol. The number of carbonyl (C=O) groups excluding carboxylic acids is 1. The van der Waals surface area contributed by atoms with Crippen molar-refractivity contribution in [1.29, 1.82) is 0 Å². The number of ether oxygens (including phenoxy) is 2. The van der Waals surface area contributed by atoms with Gasteiger partial charge >= 0.3 is 0 Å². The zero-order chi connectivity index (χ0) is 31.2. The van der Waals surface area contributed by atoms with E-state index in [1.165, 1.54) is 17.8 Å². The topological polar surface area (TPSA) is 136 Å². The molecule has 13 heteroatoms. The zero-order valence-electron chi connectivity index (χ0n) is 24.4. The molecule has 0 spiro atoms. The second-order valence-corrected chi connectivity index (χ2v) is 9.79. The van der Waals surface area contributed by atoms with Gasteiger partial charge in [-0.3, -0.25) is 9.48 Å². The molecule has 5 aromatic rings. The molecule has 0 saturated heterocycles. The number of nitrogens with one attached hydrogen (secondary N) is 2. The highest BCUT2D eigenvalue weighted by Crippen LogP contribution is 2.33. The van der Waals surface area contributed by atoms with Gasteiger partial charge in [-0.1, -0.05) is 18.2 Å². The summed E-state index contributed by atoms with van der Waals surface area (Å²) in [6.45, 7) is 5.20. The molecule has 0 saturated carbocycles. The first-order chi connectivity index (χ1) is 21.3. The summed E-state index contributed by atoms with van der Waals surface area (Å²) in [6.07, 6.45) is 3.44. The Labute approximate surface area is 251 Å². The van der Waals surface area contributed by atoms with Gasteiger partial charge in [-0.05, 0) is 26.0 Å². The van der Waals surface area contributed by atoms with E-state index in [2.05, 4.69) is 25.7 Å². The fourth-order valence-electron chi connectivity index (χ4n) is 4.56. The summed E-state index contributed by atoms with van der Waals surface area (Å²) in [5, 5.41) is 20.5. The lowest BCUT2D eigenvalue weighted by atomic mass is 10.1. The van der Waals surface area contributed by atoms with Crippen LogP contribution in [0.1, 0.15) is 31.4 Å². The van der Waals surface area contributed by atoms with Gasteiger partial charge in [0.05, 0.1) is 31.5 Å². The number of rotatable bonds is 12. The maximum Gasteiger partial charge on any atom is 0.222 e. The summed E-state index contributed by atoms with van der Waals surface area (Å²) in [5.74, 6) is -0.388. The molecule has 11 nitrogen and oxygen atoms in total. The van der Waals surface area contributed by atoms with E-state index in [-0.39, 0.29) is 49.4 Å². The number of halogens is 2. The highest BCUT2D eigenvalue weighted by atomic mass is 19.1. The third-order valence-electron chi connectivity index (χ3n) is 6.67. The van der Waals surface area contributed by atoms with Gasteiger partial charge in [-0.25, -0.2) is 23.7 Å². The Morgan fingerprint density at radius 1 is 1.07 bits per heavy atom. The van der Waals surface area contributed by atoms with Crippen LogP contribution in [0.5, 0.6) is 11.5 Å².